The second-order valence-corrected chi connectivity index (χ2v) is 6.70. The third-order valence-corrected chi connectivity index (χ3v) is 4.26. The highest BCUT2D eigenvalue weighted by atomic mass is 16.3. The Balaban J connectivity index is 1.50. The monoisotopic (exact) mass is 369 g/mol. The molecule has 3 rings (SSSR count). The van der Waals surface area contributed by atoms with E-state index in [1.54, 1.807) is 6.26 Å². The molecule has 1 aromatic carbocycles. The molecule has 2 aromatic rings. The van der Waals surface area contributed by atoms with Crippen molar-refractivity contribution >= 4 is 11.9 Å². The molecule has 0 unspecified atom stereocenters. The number of guanidine groups is 1. The van der Waals surface area contributed by atoms with Crippen molar-refractivity contribution in [1.82, 2.24) is 20.9 Å². The number of aromatic nitrogens is 1. The van der Waals surface area contributed by atoms with Gasteiger partial charge in [0.15, 0.2) is 5.96 Å². The number of aliphatic imine (C=N–C) groups is 1. The largest absolute Gasteiger partial charge is 0.444 e. The lowest BCUT2D eigenvalue weighted by Gasteiger charge is -2.11. The van der Waals surface area contributed by atoms with Crippen molar-refractivity contribution in [2.24, 2.45) is 10.9 Å². The molecule has 0 atom stereocenters. The first-order valence-corrected chi connectivity index (χ1v) is 9.47. The number of carbonyl (C=O) groups excluding carboxylic acids is 1. The molecule has 144 valence electrons. The van der Waals surface area contributed by atoms with E-state index in [0.29, 0.717) is 31.5 Å². The molecule has 0 saturated heterocycles. The van der Waals surface area contributed by atoms with E-state index in [4.69, 9.17) is 4.42 Å². The Morgan fingerprint density at radius 2 is 1.93 bits per heavy atom. The summed E-state index contributed by atoms with van der Waals surface area (Å²) in [5.74, 6) is 1.69. The van der Waals surface area contributed by atoms with Crippen LogP contribution in [0.25, 0.3) is 11.5 Å². The highest BCUT2D eigenvalue weighted by molar-refractivity contribution is 5.81. The number of aryl methyl sites for hydroxylation is 1. The standard InChI is InChI=1S/C20H27N5O2/c1-3-21-20(23-11-10-22-18(26)15-8-9-15)24-12-17-13-27-19(25-17)16-6-4-14(2)5-7-16/h4-7,13,15H,3,8-12H2,1-2H3,(H,22,26)(H2,21,23,24). The normalized spacial score (nSPS) is 14.1. The highest BCUT2D eigenvalue weighted by Gasteiger charge is 2.28. The molecule has 3 N–H and O–H groups in total. The zero-order chi connectivity index (χ0) is 19.1. The molecule has 0 aliphatic heterocycles. The molecule has 1 amide bonds. The van der Waals surface area contributed by atoms with Crippen LogP contribution in [0.5, 0.6) is 0 Å². The minimum atomic E-state index is 0.157. The van der Waals surface area contributed by atoms with Gasteiger partial charge in [-0.1, -0.05) is 17.7 Å². The van der Waals surface area contributed by atoms with Gasteiger partial charge in [-0.05, 0) is 38.8 Å². The van der Waals surface area contributed by atoms with Crippen molar-refractivity contribution in [2.45, 2.75) is 33.2 Å². The molecular weight excluding hydrogens is 342 g/mol. The molecular formula is C20H27N5O2. The van der Waals surface area contributed by atoms with Gasteiger partial charge in [-0.2, -0.15) is 0 Å². The maximum Gasteiger partial charge on any atom is 0.226 e. The van der Waals surface area contributed by atoms with Crippen molar-refractivity contribution in [2.75, 3.05) is 19.6 Å². The minimum absolute atomic E-state index is 0.157. The lowest BCUT2D eigenvalue weighted by molar-refractivity contribution is -0.122. The summed E-state index contributed by atoms with van der Waals surface area (Å²) in [6.45, 7) is 6.44. The van der Waals surface area contributed by atoms with Crippen molar-refractivity contribution < 1.29 is 9.21 Å². The first kappa shape index (κ1) is 18.9. The fourth-order valence-electron chi connectivity index (χ4n) is 2.57. The Morgan fingerprint density at radius 1 is 1.19 bits per heavy atom. The zero-order valence-corrected chi connectivity index (χ0v) is 15.9. The Morgan fingerprint density at radius 3 is 2.63 bits per heavy atom. The summed E-state index contributed by atoms with van der Waals surface area (Å²) in [4.78, 5) is 20.7. The predicted octanol–water partition coefficient (Wildman–Crippen LogP) is 2.23. The van der Waals surface area contributed by atoms with Crippen LogP contribution in [-0.2, 0) is 11.3 Å². The number of nitrogens with zero attached hydrogens (tertiary/aromatic N) is 2. The number of nitrogens with one attached hydrogen (secondary N) is 3. The molecule has 1 aliphatic rings. The average molecular weight is 369 g/mol. The number of hydrogen-bond acceptors (Lipinski definition) is 4. The van der Waals surface area contributed by atoms with Crippen LogP contribution >= 0.6 is 0 Å². The number of benzene rings is 1. The topological polar surface area (TPSA) is 91.6 Å². The van der Waals surface area contributed by atoms with E-state index < -0.39 is 0 Å². The van der Waals surface area contributed by atoms with E-state index in [2.05, 4.69) is 25.9 Å². The number of carbonyl (C=O) groups is 1. The summed E-state index contributed by atoms with van der Waals surface area (Å²) in [7, 11) is 0. The first-order chi connectivity index (χ1) is 13.2. The lowest BCUT2D eigenvalue weighted by Crippen LogP contribution is -2.41. The third kappa shape index (κ3) is 5.84. The van der Waals surface area contributed by atoms with Gasteiger partial charge in [0.05, 0.1) is 6.54 Å². The summed E-state index contributed by atoms with van der Waals surface area (Å²) in [5.41, 5.74) is 2.92. The fraction of sp³-hybridized carbons (Fsp3) is 0.450. The van der Waals surface area contributed by atoms with Gasteiger partial charge in [0, 0.05) is 31.1 Å². The van der Waals surface area contributed by atoms with Gasteiger partial charge in [0.1, 0.15) is 12.0 Å². The van der Waals surface area contributed by atoms with Crippen molar-refractivity contribution in [1.29, 1.82) is 0 Å². The first-order valence-electron chi connectivity index (χ1n) is 9.47. The van der Waals surface area contributed by atoms with E-state index in [9.17, 15) is 4.79 Å². The van der Waals surface area contributed by atoms with Crippen molar-refractivity contribution in [3.63, 3.8) is 0 Å². The highest BCUT2D eigenvalue weighted by Crippen LogP contribution is 2.28. The van der Waals surface area contributed by atoms with Crippen LogP contribution in [0.15, 0.2) is 39.9 Å². The lowest BCUT2D eigenvalue weighted by atomic mass is 10.1. The maximum absolute atomic E-state index is 11.6. The van der Waals surface area contributed by atoms with Crippen molar-refractivity contribution in [3.8, 4) is 11.5 Å². The minimum Gasteiger partial charge on any atom is -0.444 e. The number of oxazole rings is 1. The summed E-state index contributed by atoms with van der Waals surface area (Å²) in [6.07, 6.45) is 3.68. The zero-order valence-electron chi connectivity index (χ0n) is 15.9. The van der Waals surface area contributed by atoms with Crippen LogP contribution < -0.4 is 16.0 Å². The van der Waals surface area contributed by atoms with E-state index in [0.717, 1.165) is 30.6 Å². The van der Waals surface area contributed by atoms with Crippen molar-refractivity contribution in [3.05, 3.63) is 41.8 Å². The van der Waals surface area contributed by atoms with Gasteiger partial charge in [0.25, 0.3) is 0 Å². The molecule has 27 heavy (non-hydrogen) atoms. The molecule has 1 aliphatic carbocycles. The molecule has 7 heteroatoms. The Bertz CT molecular complexity index is 778. The quantitative estimate of drug-likeness (QED) is 0.377. The Kier molecular flexibility index (Phi) is 6.46. The van der Waals surface area contributed by atoms with Gasteiger partial charge in [-0.3, -0.25) is 4.79 Å². The Labute approximate surface area is 159 Å². The molecule has 1 aromatic heterocycles. The summed E-state index contributed by atoms with van der Waals surface area (Å²) < 4.78 is 5.57. The molecule has 1 saturated carbocycles. The van der Waals surface area contributed by atoms with E-state index in [1.807, 2.05) is 38.1 Å². The predicted molar refractivity (Wildman–Crippen MR) is 105 cm³/mol. The number of hydrogen-bond donors (Lipinski definition) is 3. The van der Waals surface area contributed by atoms with Gasteiger partial charge in [-0.15, -0.1) is 0 Å². The second-order valence-electron chi connectivity index (χ2n) is 6.70. The van der Waals surface area contributed by atoms with Crippen LogP contribution in [0.1, 0.15) is 31.0 Å². The molecule has 0 spiro atoms. The molecule has 1 heterocycles. The fourth-order valence-corrected chi connectivity index (χ4v) is 2.57. The molecule has 7 nitrogen and oxygen atoms in total. The van der Waals surface area contributed by atoms with Crippen LogP contribution in [0.2, 0.25) is 0 Å². The van der Waals surface area contributed by atoms with Crippen LogP contribution in [0, 0.1) is 12.8 Å². The van der Waals surface area contributed by atoms with Gasteiger partial charge in [-0.25, -0.2) is 9.98 Å². The number of amides is 1. The summed E-state index contributed by atoms with van der Waals surface area (Å²) in [5, 5.41) is 9.33. The average Bonchev–Trinajstić information content (AvgIpc) is 3.42. The van der Waals surface area contributed by atoms with Gasteiger partial charge >= 0.3 is 0 Å². The van der Waals surface area contributed by atoms with E-state index in [-0.39, 0.29) is 11.8 Å². The number of rotatable bonds is 8. The summed E-state index contributed by atoms with van der Waals surface area (Å²) >= 11 is 0. The van der Waals surface area contributed by atoms with Crippen LogP contribution in [-0.4, -0.2) is 36.5 Å². The molecule has 1 fully saturated rings. The third-order valence-electron chi connectivity index (χ3n) is 4.26. The smallest absolute Gasteiger partial charge is 0.226 e. The maximum atomic E-state index is 11.6. The van der Waals surface area contributed by atoms with Crippen LogP contribution in [0.3, 0.4) is 0 Å². The van der Waals surface area contributed by atoms with Gasteiger partial charge in [0.2, 0.25) is 11.8 Å². The van der Waals surface area contributed by atoms with E-state index in [1.165, 1.54) is 5.56 Å². The van der Waals surface area contributed by atoms with Crippen LogP contribution in [0.4, 0.5) is 0 Å². The van der Waals surface area contributed by atoms with Gasteiger partial charge < -0.3 is 20.4 Å². The van der Waals surface area contributed by atoms with E-state index >= 15 is 0 Å². The molecule has 0 bridgehead atoms. The second kappa shape index (κ2) is 9.21. The SMILES string of the molecule is CCNC(=NCc1coc(-c2ccc(C)cc2)n1)NCCNC(=O)C1CC1. The molecule has 0 radical (unpaired) electrons. The Hall–Kier alpha value is -2.83. The summed E-state index contributed by atoms with van der Waals surface area (Å²) in [6, 6.07) is 8.06.